The molecule has 0 radical (unpaired) electrons. The normalized spacial score (nSPS) is 13.5. The quantitative estimate of drug-likeness (QED) is 0.750. The molecule has 2 heterocycles. The van der Waals surface area contributed by atoms with E-state index in [0.717, 1.165) is 11.3 Å². The van der Waals surface area contributed by atoms with Gasteiger partial charge in [0.2, 0.25) is 0 Å². The Labute approximate surface area is 139 Å². The van der Waals surface area contributed by atoms with E-state index in [1.807, 2.05) is 6.92 Å². The summed E-state index contributed by atoms with van der Waals surface area (Å²) in [5.41, 5.74) is 0.272. The maximum absolute atomic E-state index is 12.9. The van der Waals surface area contributed by atoms with E-state index in [1.165, 1.54) is 12.1 Å². The fourth-order valence-electron chi connectivity index (χ4n) is 2.27. The Morgan fingerprint density at radius 3 is 2.42 bits per heavy atom. The molecule has 1 aromatic carbocycles. The van der Waals surface area contributed by atoms with Crippen LogP contribution in [0.25, 0.3) is 11.3 Å². The number of benzene rings is 1. The number of hydrogen-bond donors (Lipinski definition) is 2. The summed E-state index contributed by atoms with van der Waals surface area (Å²) in [5.74, 6) is 1.47. The topological polar surface area (TPSA) is 71.2 Å². The highest BCUT2D eigenvalue weighted by molar-refractivity contribution is 5.59. The van der Waals surface area contributed by atoms with Gasteiger partial charge >= 0.3 is 0 Å². The molecule has 2 N–H and O–H groups in total. The van der Waals surface area contributed by atoms with Crippen LogP contribution < -0.4 is 5.32 Å². The Bertz CT molecular complexity index is 811. The minimum absolute atomic E-state index is 0.227. The smallest absolute Gasteiger partial charge is 0.148 e. The third-order valence-corrected chi connectivity index (χ3v) is 3.69. The molecule has 0 amide bonds. The van der Waals surface area contributed by atoms with Crippen LogP contribution in [0.4, 0.5) is 10.2 Å². The van der Waals surface area contributed by atoms with E-state index in [0.29, 0.717) is 17.3 Å². The van der Waals surface area contributed by atoms with Crippen molar-refractivity contribution in [1.82, 2.24) is 10.2 Å². The molecular weight excluding hydrogens is 309 g/mol. The molecule has 3 rings (SSSR count). The Morgan fingerprint density at radius 2 is 1.83 bits per heavy atom. The second kappa shape index (κ2) is 6.41. The summed E-state index contributed by atoms with van der Waals surface area (Å²) in [5, 5.41) is 21.7. The Hall–Kier alpha value is -2.73. The van der Waals surface area contributed by atoms with Crippen LogP contribution in [-0.4, -0.2) is 21.8 Å². The zero-order valence-corrected chi connectivity index (χ0v) is 13.5. The summed E-state index contributed by atoms with van der Waals surface area (Å²) in [6, 6.07) is 13.2. The van der Waals surface area contributed by atoms with Crippen molar-refractivity contribution in [3.05, 3.63) is 65.9 Å². The van der Waals surface area contributed by atoms with Crippen molar-refractivity contribution >= 4 is 5.82 Å². The van der Waals surface area contributed by atoms with Gasteiger partial charge in [0.25, 0.3) is 0 Å². The lowest BCUT2D eigenvalue weighted by Gasteiger charge is -2.21. The van der Waals surface area contributed by atoms with Gasteiger partial charge in [-0.15, -0.1) is 10.2 Å². The van der Waals surface area contributed by atoms with Crippen LogP contribution in [0.2, 0.25) is 0 Å². The fraction of sp³-hybridized carbons (Fsp3) is 0.222. The van der Waals surface area contributed by atoms with Gasteiger partial charge in [0, 0.05) is 5.56 Å². The van der Waals surface area contributed by atoms with E-state index in [1.54, 1.807) is 43.3 Å². The van der Waals surface area contributed by atoms with E-state index >= 15 is 0 Å². The number of nitrogens with one attached hydrogen (secondary N) is 1. The summed E-state index contributed by atoms with van der Waals surface area (Å²) in [4.78, 5) is 0. The molecule has 0 bridgehead atoms. The van der Waals surface area contributed by atoms with Crippen molar-refractivity contribution in [3.63, 3.8) is 0 Å². The monoisotopic (exact) mass is 327 g/mol. The van der Waals surface area contributed by atoms with Crippen LogP contribution in [0.1, 0.15) is 18.4 Å². The summed E-state index contributed by atoms with van der Waals surface area (Å²) in [6.45, 7) is 3.72. The van der Waals surface area contributed by atoms with Crippen molar-refractivity contribution < 1.29 is 13.9 Å². The number of anilines is 1. The molecule has 24 heavy (non-hydrogen) atoms. The van der Waals surface area contributed by atoms with E-state index in [-0.39, 0.29) is 12.4 Å². The predicted octanol–water partition coefficient (Wildman–Crippen LogP) is 3.50. The highest BCUT2D eigenvalue weighted by atomic mass is 19.1. The van der Waals surface area contributed by atoms with Crippen molar-refractivity contribution in [3.8, 4) is 11.3 Å². The minimum Gasteiger partial charge on any atom is -0.463 e. The highest BCUT2D eigenvalue weighted by Gasteiger charge is 2.26. The second-order valence-corrected chi connectivity index (χ2v) is 5.85. The van der Waals surface area contributed by atoms with Crippen LogP contribution in [0.5, 0.6) is 0 Å². The highest BCUT2D eigenvalue weighted by Crippen LogP contribution is 2.23. The summed E-state index contributed by atoms with van der Waals surface area (Å²) < 4.78 is 18.4. The molecule has 0 aliphatic carbocycles. The van der Waals surface area contributed by atoms with Gasteiger partial charge in [0.1, 0.15) is 28.8 Å². The van der Waals surface area contributed by atoms with Gasteiger partial charge in [-0.2, -0.15) is 0 Å². The van der Waals surface area contributed by atoms with Crippen LogP contribution in [0.15, 0.2) is 52.9 Å². The van der Waals surface area contributed by atoms with E-state index in [9.17, 15) is 9.50 Å². The average molecular weight is 327 g/mol. The average Bonchev–Trinajstić information content (AvgIpc) is 3.02. The van der Waals surface area contributed by atoms with Gasteiger partial charge in [0.05, 0.1) is 12.2 Å². The first-order chi connectivity index (χ1) is 11.4. The first-order valence-corrected chi connectivity index (χ1v) is 7.57. The number of hydrogen-bond acceptors (Lipinski definition) is 5. The molecule has 0 saturated heterocycles. The van der Waals surface area contributed by atoms with Crippen molar-refractivity contribution in [1.29, 1.82) is 0 Å². The van der Waals surface area contributed by atoms with Crippen molar-refractivity contribution in [2.45, 2.75) is 19.4 Å². The molecule has 0 spiro atoms. The van der Waals surface area contributed by atoms with Gasteiger partial charge in [-0.3, -0.25) is 0 Å². The first kappa shape index (κ1) is 16.1. The first-order valence-electron chi connectivity index (χ1n) is 7.57. The lowest BCUT2D eigenvalue weighted by atomic mass is 10.0. The molecule has 0 aliphatic heterocycles. The number of nitrogens with zero attached hydrogens (tertiary/aromatic N) is 2. The molecule has 0 fully saturated rings. The van der Waals surface area contributed by atoms with Crippen molar-refractivity contribution in [2.24, 2.45) is 0 Å². The van der Waals surface area contributed by atoms with Crippen LogP contribution in [0, 0.1) is 12.7 Å². The minimum atomic E-state index is -1.16. The largest absolute Gasteiger partial charge is 0.463 e. The molecule has 2 aromatic heterocycles. The Kier molecular flexibility index (Phi) is 4.31. The standard InChI is InChI=1S/C18H18FN3O2/c1-12-3-9-16(24-12)18(2,23)11-20-17-10-8-15(21-22-17)13-4-6-14(19)7-5-13/h3-10,23H,11H2,1-2H3,(H,20,22). The van der Waals surface area contributed by atoms with Crippen LogP contribution in [-0.2, 0) is 5.60 Å². The number of halogens is 1. The van der Waals surface area contributed by atoms with Crippen LogP contribution >= 0.6 is 0 Å². The number of aliphatic hydroxyl groups is 1. The molecule has 0 aliphatic rings. The molecule has 0 saturated carbocycles. The summed E-state index contributed by atoms with van der Waals surface area (Å²) in [7, 11) is 0. The van der Waals surface area contributed by atoms with Crippen LogP contribution in [0.3, 0.4) is 0 Å². The SMILES string of the molecule is Cc1ccc(C(C)(O)CNc2ccc(-c3ccc(F)cc3)nn2)o1. The van der Waals surface area contributed by atoms with E-state index in [2.05, 4.69) is 15.5 Å². The molecule has 1 unspecified atom stereocenters. The Morgan fingerprint density at radius 1 is 1.08 bits per heavy atom. The van der Waals surface area contributed by atoms with Crippen molar-refractivity contribution in [2.75, 3.05) is 11.9 Å². The lowest BCUT2D eigenvalue weighted by molar-refractivity contribution is 0.0467. The van der Waals surface area contributed by atoms with E-state index in [4.69, 9.17) is 4.42 Å². The Balaban J connectivity index is 1.67. The predicted molar refractivity (Wildman–Crippen MR) is 88.9 cm³/mol. The summed E-state index contributed by atoms with van der Waals surface area (Å²) >= 11 is 0. The third kappa shape index (κ3) is 3.60. The molecule has 6 heteroatoms. The van der Waals surface area contributed by atoms with Gasteiger partial charge in [-0.05, 0) is 62.4 Å². The number of furan rings is 1. The summed E-state index contributed by atoms with van der Waals surface area (Å²) in [6.07, 6.45) is 0. The number of aryl methyl sites for hydroxylation is 1. The molecule has 124 valence electrons. The van der Waals surface area contributed by atoms with Gasteiger partial charge in [-0.25, -0.2) is 4.39 Å². The zero-order valence-electron chi connectivity index (χ0n) is 13.5. The van der Waals surface area contributed by atoms with Gasteiger partial charge in [0.15, 0.2) is 0 Å². The molecular formula is C18H18FN3O2. The third-order valence-electron chi connectivity index (χ3n) is 3.69. The second-order valence-electron chi connectivity index (χ2n) is 5.85. The maximum atomic E-state index is 12.9. The lowest BCUT2D eigenvalue weighted by Crippen LogP contribution is -2.30. The van der Waals surface area contributed by atoms with E-state index < -0.39 is 5.60 Å². The van der Waals surface area contributed by atoms with Gasteiger partial charge in [-0.1, -0.05) is 0 Å². The molecule has 3 aromatic rings. The number of aromatic nitrogens is 2. The van der Waals surface area contributed by atoms with Gasteiger partial charge < -0.3 is 14.8 Å². The fourth-order valence-corrected chi connectivity index (χ4v) is 2.27. The molecule has 5 nitrogen and oxygen atoms in total. The number of rotatable bonds is 5. The molecule has 1 atom stereocenters. The maximum Gasteiger partial charge on any atom is 0.148 e. The zero-order chi connectivity index (χ0) is 17.2.